The lowest BCUT2D eigenvalue weighted by Crippen LogP contribution is -2.60. The second-order valence-electron chi connectivity index (χ2n) is 18.0. The van der Waals surface area contributed by atoms with E-state index in [4.69, 9.17) is 1.37 Å². The van der Waals surface area contributed by atoms with Gasteiger partial charge in [-0.25, -0.2) is 0 Å². The maximum atomic E-state index is 9.23. The Morgan fingerprint density at radius 2 is 1.10 bits per heavy atom. The van der Waals surface area contributed by atoms with Crippen LogP contribution in [0.1, 0.15) is 53.4 Å². The zero-order valence-corrected chi connectivity index (χ0v) is 35.1. The van der Waals surface area contributed by atoms with Gasteiger partial charge in [-0.1, -0.05) is 143 Å². The molecular formula is C58H42BN3. The van der Waals surface area contributed by atoms with E-state index in [1.807, 2.05) is 27.7 Å². The molecule has 14 rings (SSSR count). The molecule has 0 amide bonds. The zero-order chi connectivity index (χ0) is 43.0. The maximum absolute atomic E-state index is 9.23. The third kappa shape index (κ3) is 4.31. The van der Waals surface area contributed by atoms with E-state index in [1.54, 1.807) is 0 Å². The van der Waals surface area contributed by atoms with Crippen molar-refractivity contribution in [2.24, 2.45) is 0 Å². The van der Waals surface area contributed by atoms with Crippen LogP contribution in [0.3, 0.4) is 0 Å². The van der Waals surface area contributed by atoms with Crippen LogP contribution in [0, 0.1) is 0 Å². The molecule has 62 heavy (non-hydrogen) atoms. The van der Waals surface area contributed by atoms with Crippen LogP contribution in [0.15, 0.2) is 170 Å². The number of anilines is 3. The van der Waals surface area contributed by atoms with Gasteiger partial charge in [0, 0.05) is 52.6 Å². The molecule has 4 heterocycles. The second kappa shape index (κ2) is 12.2. The Hall–Kier alpha value is -7.30. The van der Waals surface area contributed by atoms with Gasteiger partial charge in [0.1, 0.15) is 0 Å². The molecule has 0 radical (unpaired) electrons. The van der Waals surface area contributed by atoms with Crippen LogP contribution in [0.5, 0.6) is 0 Å². The Balaban J connectivity index is 1.17. The number of nitrogens with zero attached hydrogens (tertiary/aromatic N) is 3. The first-order valence-electron chi connectivity index (χ1n) is 22.9. The lowest BCUT2D eigenvalue weighted by atomic mass is 9.33. The summed E-state index contributed by atoms with van der Waals surface area (Å²) in [5.41, 5.74) is 21.1. The monoisotopic (exact) mass is 793 g/mol. The van der Waals surface area contributed by atoms with Crippen LogP contribution in [0.4, 0.5) is 17.1 Å². The fraction of sp³-hybridized carbons (Fsp3) is 0.103. The standard InChI is InChI=1S/C58H42BN3/c1-33(2)36-24-26-48-45(29-36)44-20-11-21-46-58(44)62(48)53-32-39(31-52-57(53)59(46)47-30-37(34(3)4)25-27-49(47)60(52)38-14-6-5-7-15-38)61-50-22-12-19-43-41-17-9-8-16-40(41)42-18-10-13-35-23-28-51(61)56(54(35)42)55(43)50/h5-34H,1-4H3/i33D,34D. The first kappa shape index (κ1) is 32.5. The Labute approximate surface area is 364 Å². The number of rotatable bonds is 4. The molecule has 0 fully saturated rings. The average Bonchev–Trinajstić information content (AvgIpc) is 3.79. The molecule has 1 aliphatic carbocycles. The molecule has 0 saturated carbocycles. The summed E-state index contributed by atoms with van der Waals surface area (Å²) in [6, 6.07) is 63.1. The number of aromatic nitrogens is 2. The number of para-hydroxylation sites is 2. The fourth-order valence-electron chi connectivity index (χ4n) is 11.7. The van der Waals surface area contributed by atoms with E-state index >= 15 is 0 Å². The Morgan fingerprint density at radius 1 is 0.435 bits per heavy atom. The van der Waals surface area contributed by atoms with Crippen molar-refractivity contribution < 1.29 is 2.74 Å². The Kier molecular flexibility index (Phi) is 6.38. The minimum absolute atomic E-state index is 0.0812. The van der Waals surface area contributed by atoms with Gasteiger partial charge in [-0.15, -0.1) is 0 Å². The summed E-state index contributed by atoms with van der Waals surface area (Å²) < 4.78 is 23.3. The highest BCUT2D eigenvalue weighted by Crippen LogP contribution is 2.51. The summed E-state index contributed by atoms with van der Waals surface area (Å²) in [6.45, 7) is 7.85. The van der Waals surface area contributed by atoms with Gasteiger partial charge in [0.05, 0.1) is 22.2 Å². The Bertz CT molecular complexity index is 3880. The quantitative estimate of drug-likeness (QED) is 0.162. The molecule has 0 spiro atoms. The van der Waals surface area contributed by atoms with E-state index in [1.165, 1.54) is 82.1 Å². The van der Waals surface area contributed by atoms with Gasteiger partial charge in [-0.2, -0.15) is 0 Å². The predicted molar refractivity (Wildman–Crippen MR) is 265 cm³/mol. The molecule has 3 nitrogen and oxygen atoms in total. The summed E-state index contributed by atoms with van der Waals surface area (Å²) in [7, 11) is 0. The molecule has 9 aromatic carbocycles. The van der Waals surface area contributed by atoms with Crippen molar-refractivity contribution in [3.05, 3.63) is 181 Å². The van der Waals surface area contributed by atoms with Gasteiger partial charge >= 0.3 is 0 Å². The van der Waals surface area contributed by atoms with Crippen molar-refractivity contribution in [3.63, 3.8) is 0 Å². The lowest BCUT2D eigenvalue weighted by Gasteiger charge is -2.41. The molecule has 2 aliphatic heterocycles. The second-order valence-corrected chi connectivity index (χ2v) is 18.0. The third-order valence-corrected chi connectivity index (χ3v) is 14.3. The highest BCUT2D eigenvalue weighted by atomic mass is 15.2. The van der Waals surface area contributed by atoms with Crippen LogP contribution in [-0.2, 0) is 0 Å². The molecule has 4 heteroatoms. The van der Waals surface area contributed by atoms with E-state index in [9.17, 15) is 1.37 Å². The van der Waals surface area contributed by atoms with E-state index in [2.05, 4.69) is 184 Å². The van der Waals surface area contributed by atoms with Crippen LogP contribution in [0.25, 0.3) is 88.0 Å². The first-order chi connectivity index (χ1) is 31.0. The van der Waals surface area contributed by atoms with E-state index in [0.717, 1.165) is 50.5 Å². The molecule has 0 unspecified atom stereocenters. The summed E-state index contributed by atoms with van der Waals surface area (Å²) >= 11 is 0. The van der Waals surface area contributed by atoms with Gasteiger partial charge in [0.2, 0.25) is 0 Å². The fourth-order valence-corrected chi connectivity index (χ4v) is 11.7. The summed E-state index contributed by atoms with van der Waals surface area (Å²) in [4.78, 5) is 2.47. The van der Waals surface area contributed by atoms with Gasteiger partial charge < -0.3 is 14.0 Å². The first-order valence-corrected chi connectivity index (χ1v) is 21.9. The maximum Gasteiger partial charge on any atom is 0.252 e. The smallest absolute Gasteiger partial charge is 0.252 e. The van der Waals surface area contributed by atoms with Crippen LogP contribution in [-0.4, -0.2) is 15.8 Å². The third-order valence-electron chi connectivity index (χ3n) is 14.3. The highest BCUT2D eigenvalue weighted by Gasteiger charge is 2.43. The number of hydrogen-bond acceptors (Lipinski definition) is 1. The normalized spacial score (nSPS) is 14.2. The van der Waals surface area contributed by atoms with E-state index in [0.29, 0.717) is 0 Å². The molecule has 0 N–H and O–H groups in total. The molecule has 2 aromatic heterocycles. The number of fused-ring (bicyclic) bond motifs is 10. The van der Waals surface area contributed by atoms with Crippen LogP contribution in [0.2, 0.25) is 0 Å². The molecule has 11 aromatic rings. The van der Waals surface area contributed by atoms with Crippen LogP contribution >= 0.6 is 0 Å². The van der Waals surface area contributed by atoms with Gasteiger partial charge in [0.15, 0.2) is 0 Å². The predicted octanol–water partition coefficient (Wildman–Crippen LogP) is 13.5. The summed E-state index contributed by atoms with van der Waals surface area (Å²) in [6.07, 6.45) is 0. The van der Waals surface area contributed by atoms with Crippen molar-refractivity contribution in [3.8, 4) is 33.6 Å². The lowest BCUT2D eigenvalue weighted by molar-refractivity contribution is 0.867. The highest BCUT2D eigenvalue weighted by molar-refractivity contribution is 7.00. The van der Waals surface area contributed by atoms with Crippen molar-refractivity contribution in [2.75, 3.05) is 4.90 Å². The van der Waals surface area contributed by atoms with Gasteiger partial charge in [0.25, 0.3) is 6.71 Å². The summed E-state index contributed by atoms with van der Waals surface area (Å²) in [5.74, 6) is -1.53. The SMILES string of the molecule is [2H]C(C)(C)c1ccc2c(c1)B1c3c(cc(-n4c5cccc6c5c5c7c(cccc7ccc54)-c4ccccc4-6)cc3-n3c4ccc(C([2H])(C)C)cc4c4cccc1c43)N2c1ccccc1. The topological polar surface area (TPSA) is 13.1 Å². The van der Waals surface area contributed by atoms with Crippen LogP contribution < -0.4 is 21.3 Å². The molecule has 292 valence electrons. The van der Waals surface area contributed by atoms with Crippen molar-refractivity contribution >= 4 is 94.5 Å². The minimum Gasteiger partial charge on any atom is -0.311 e. The average molecular weight is 794 g/mol. The summed E-state index contributed by atoms with van der Waals surface area (Å²) in [5, 5.41) is 7.48. The molecule has 0 atom stereocenters. The Morgan fingerprint density at radius 3 is 1.90 bits per heavy atom. The van der Waals surface area contributed by atoms with Gasteiger partial charge in [-0.3, -0.25) is 0 Å². The largest absolute Gasteiger partial charge is 0.311 e. The zero-order valence-electron chi connectivity index (χ0n) is 37.1. The molecule has 3 aliphatic rings. The van der Waals surface area contributed by atoms with Crippen molar-refractivity contribution in [1.82, 2.24) is 9.13 Å². The van der Waals surface area contributed by atoms with E-state index in [-0.39, 0.29) is 6.71 Å². The molecule has 0 bridgehead atoms. The number of benzene rings is 9. The van der Waals surface area contributed by atoms with Crippen molar-refractivity contribution in [1.29, 1.82) is 0 Å². The molecule has 0 saturated heterocycles. The van der Waals surface area contributed by atoms with E-state index < -0.39 is 11.8 Å². The van der Waals surface area contributed by atoms with Crippen molar-refractivity contribution in [2.45, 2.75) is 39.5 Å². The molecular weight excluding hydrogens is 749 g/mol. The van der Waals surface area contributed by atoms with Gasteiger partial charge in [-0.05, 0) is 127 Å². The number of hydrogen-bond donors (Lipinski definition) is 0. The minimum atomic E-state index is -0.781.